The van der Waals surface area contributed by atoms with E-state index in [-0.39, 0.29) is 10.5 Å². The highest BCUT2D eigenvalue weighted by molar-refractivity contribution is 7.92. The van der Waals surface area contributed by atoms with E-state index in [9.17, 15) is 22.4 Å². The van der Waals surface area contributed by atoms with Crippen LogP contribution in [0.1, 0.15) is 10.4 Å². The second-order valence-corrected chi connectivity index (χ2v) is 8.18. The third kappa shape index (κ3) is 6.05. The zero-order chi connectivity index (χ0) is 23.1. The third-order valence-corrected chi connectivity index (χ3v) is 5.56. The second kappa shape index (κ2) is 9.92. The molecule has 0 aliphatic rings. The van der Waals surface area contributed by atoms with Gasteiger partial charge in [0.15, 0.2) is 6.61 Å². The number of amides is 1. The zero-order valence-corrected chi connectivity index (χ0v) is 17.7. The molecule has 2 N–H and O–H groups in total. The minimum absolute atomic E-state index is 0.0443. The molecule has 10 heteroatoms. The van der Waals surface area contributed by atoms with E-state index in [0.717, 1.165) is 6.07 Å². The Balaban J connectivity index is 1.62. The van der Waals surface area contributed by atoms with Gasteiger partial charge >= 0.3 is 5.97 Å². The van der Waals surface area contributed by atoms with Gasteiger partial charge in [0.2, 0.25) is 0 Å². The average Bonchev–Trinajstić information content (AvgIpc) is 2.79. The van der Waals surface area contributed by atoms with Gasteiger partial charge in [0.05, 0.1) is 17.6 Å². The fourth-order valence-electron chi connectivity index (χ4n) is 2.61. The number of hydrogen-bond donors (Lipinski definition) is 2. The lowest BCUT2D eigenvalue weighted by Gasteiger charge is -2.10. The molecule has 0 saturated carbocycles. The summed E-state index contributed by atoms with van der Waals surface area (Å²) >= 11 is 0. The Morgan fingerprint density at radius 1 is 0.938 bits per heavy atom. The van der Waals surface area contributed by atoms with E-state index in [1.807, 2.05) is 0 Å². The van der Waals surface area contributed by atoms with Crippen molar-refractivity contribution in [1.29, 1.82) is 0 Å². The SMILES string of the molecule is COc1ccc(NS(=O)(=O)c2cccc(C(=O)OCC(=O)Nc3ccc(F)cc3)c2)cc1. The quantitative estimate of drug-likeness (QED) is 0.501. The average molecular weight is 458 g/mol. The minimum Gasteiger partial charge on any atom is -0.497 e. The first-order chi connectivity index (χ1) is 15.3. The number of halogens is 1. The molecule has 0 aliphatic heterocycles. The molecule has 8 nitrogen and oxygen atoms in total. The van der Waals surface area contributed by atoms with Crippen molar-refractivity contribution in [3.8, 4) is 5.75 Å². The summed E-state index contributed by atoms with van der Waals surface area (Å²) in [5.41, 5.74) is 0.610. The van der Waals surface area contributed by atoms with E-state index >= 15 is 0 Å². The monoisotopic (exact) mass is 458 g/mol. The van der Waals surface area contributed by atoms with Gasteiger partial charge in [0, 0.05) is 11.4 Å². The molecule has 0 aromatic heterocycles. The third-order valence-electron chi connectivity index (χ3n) is 4.18. The van der Waals surface area contributed by atoms with Crippen LogP contribution in [0, 0.1) is 5.82 Å². The van der Waals surface area contributed by atoms with Crippen LogP contribution in [-0.4, -0.2) is 34.0 Å². The molecule has 0 bridgehead atoms. The van der Waals surface area contributed by atoms with Crippen LogP contribution in [0.2, 0.25) is 0 Å². The van der Waals surface area contributed by atoms with Crippen molar-refractivity contribution < 1.29 is 31.9 Å². The van der Waals surface area contributed by atoms with Gasteiger partial charge in [0.1, 0.15) is 11.6 Å². The van der Waals surface area contributed by atoms with Crippen LogP contribution in [0.3, 0.4) is 0 Å². The van der Waals surface area contributed by atoms with Crippen LogP contribution in [0.5, 0.6) is 5.75 Å². The summed E-state index contributed by atoms with van der Waals surface area (Å²) in [7, 11) is -2.48. The van der Waals surface area contributed by atoms with E-state index in [1.54, 1.807) is 12.1 Å². The lowest BCUT2D eigenvalue weighted by molar-refractivity contribution is -0.119. The van der Waals surface area contributed by atoms with E-state index in [1.165, 1.54) is 61.7 Å². The molecule has 0 fully saturated rings. The van der Waals surface area contributed by atoms with Crippen LogP contribution >= 0.6 is 0 Å². The van der Waals surface area contributed by atoms with Gasteiger partial charge in [-0.15, -0.1) is 0 Å². The maximum absolute atomic E-state index is 12.9. The van der Waals surface area contributed by atoms with Crippen LogP contribution in [0.15, 0.2) is 77.7 Å². The number of benzene rings is 3. The van der Waals surface area contributed by atoms with Gasteiger partial charge in [-0.3, -0.25) is 9.52 Å². The normalized spacial score (nSPS) is 10.8. The largest absolute Gasteiger partial charge is 0.497 e. The topological polar surface area (TPSA) is 111 Å². The molecule has 3 aromatic carbocycles. The van der Waals surface area contributed by atoms with Gasteiger partial charge in [-0.2, -0.15) is 0 Å². The van der Waals surface area contributed by atoms with E-state index in [4.69, 9.17) is 9.47 Å². The van der Waals surface area contributed by atoms with Gasteiger partial charge in [-0.1, -0.05) is 6.07 Å². The van der Waals surface area contributed by atoms with Crippen LogP contribution in [0.25, 0.3) is 0 Å². The van der Waals surface area contributed by atoms with E-state index in [2.05, 4.69) is 10.0 Å². The summed E-state index contributed by atoms with van der Waals surface area (Å²) < 4.78 is 50.6. The summed E-state index contributed by atoms with van der Waals surface area (Å²) in [5, 5.41) is 2.45. The molecule has 0 aliphatic carbocycles. The summed E-state index contributed by atoms with van der Waals surface area (Å²) in [6, 6.07) is 16.6. The van der Waals surface area contributed by atoms with Crippen LogP contribution < -0.4 is 14.8 Å². The molecule has 3 aromatic rings. The number of hydrogen-bond acceptors (Lipinski definition) is 6. The van der Waals surface area contributed by atoms with Crippen LogP contribution in [0.4, 0.5) is 15.8 Å². The van der Waals surface area contributed by atoms with Crippen molar-refractivity contribution in [1.82, 2.24) is 0 Å². The van der Waals surface area contributed by atoms with Crippen LogP contribution in [-0.2, 0) is 19.6 Å². The smallest absolute Gasteiger partial charge is 0.338 e. The molecular weight excluding hydrogens is 439 g/mol. The Kier molecular flexibility index (Phi) is 7.06. The molecule has 0 unspecified atom stereocenters. The number of anilines is 2. The Labute approximate surface area is 184 Å². The molecule has 3 rings (SSSR count). The highest BCUT2D eigenvalue weighted by Crippen LogP contribution is 2.20. The van der Waals surface area contributed by atoms with Gasteiger partial charge in [-0.25, -0.2) is 17.6 Å². The number of carbonyl (C=O) groups is 2. The van der Waals surface area contributed by atoms with Crippen molar-refractivity contribution in [3.05, 3.63) is 84.2 Å². The maximum Gasteiger partial charge on any atom is 0.338 e. The number of rotatable bonds is 8. The van der Waals surface area contributed by atoms with Crippen molar-refractivity contribution in [2.45, 2.75) is 4.90 Å². The Hall–Kier alpha value is -3.92. The number of ether oxygens (including phenoxy) is 2. The maximum atomic E-state index is 12.9. The fraction of sp³-hybridized carbons (Fsp3) is 0.0909. The highest BCUT2D eigenvalue weighted by atomic mass is 32.2. The molecule has 0 saturated heterocycles. The summed E-state index contributed by atoms with van der Waals surface area (Å²) in [6.07, 6.45) is 0. The minimum atomic E-state index is -3.97. The Morgan fingerprint density at radius 3 is 2.25 bits per heavy atom. The number of methoxy groups -OCH3 is 1. The van der Waals surface area contributed by atoms with Crippen molar-refractivity contribution in [2.24, 2.45) is 0 Å². The molecule has 0 heterocycles. The molecule has 32 heavy (non-hydrogen) atoms. The molecule has 0 atom stereocenters. The Morgan fingerprint density at radius 2 is 1.59 bits per heavy atom. The summed E-state index contributed by atoms with van der Waals surface area (Å²) in [6.45, 7) is -0.600. The standard InChI is InChI=1S/C22H19FN2O6S/c1-30-19-11-9-18(10-12-19)25-32(28,29)20-4-2-3-15(13-20)22(27)31-14-21(26)24-17-7-5-16(23)6-8-17/h2-13,25H,14H2,1H3,(H,24,26). The lowest BCUT2D eigenvalue weighted by atomic mass is 10.2. The predicted molar refractivity (Wildman–Crippen MR) is 116 cm³/mol. The van der Waals surface area contributed by atoms with Gasteiger partial charge in [-0.05, 0) is 66.7 Å². The molecular formula is C22H19FN2O6S. The number of carbonyl (C=O) groups excluding carboxylic acids is 2. The molecule has 166 valence electrons. The first-order valence-corrected chi connectivity index (χ1v) is 10.7. The fourth-order valence-corrected chi connectivity index (χ4v) is 3.71. The summed E-state index contributed by atoms with van der Waals surface area (Å²) in [4.78, 5) is 24.0. The predicted octanol–water partition coefficient (Wildman–Crippen LogP) is 3.43. The molecule has 1 amide bonds. The number of sulfonamides is 1. The summed E-state index contributed by atoms with van der Waals surface area (Å²) in [5.74, 6) is -1.39. The second-order valence-electron chi connectivity index (χ2n) is 6.49. The first-order valence-electron chi connectivity index (χ1n) is 9.26. The van der Waals surface area contributed by atoms with Crippen molar-refractivity contribution >= 4 is 33.3 Å². The highest BCUT2D eigenvalue weighted by Gasteiger charge is 2.18. The number of nitrogens with one attached hydrogen (secondary N) is 2. The van der Waals surface area contributed by atoms with Gasteiger partial charge in [0.25, 0.3) is 15.9 Å². The zero-order valence-electron chi connectivity index (χ0n) is 16.9. The van der Waals surface area contributed by atoms with E-state index in [0.29, 0.717) is 17.1 Å². The lowest BCUT2D eigenvalue weighted by Crippen LogP contribution is -2.21. The first kappa shape index (κ1) is 22.8. The van der Waals surface area contributed by atoms with Crippen molar-refractivity contribution in [3.63, 3.8) is 0 Å². The number of esters is 1. The van der Waals surface area contributed by atoms with Crippen molar-refractivity contribution in [2.75, 3.05) is 23.8 Å². The Bertz CT molecular complexity index is 1210. The van der Waals surface area contributed by atoms with Gasteiger partial charge < -0.3 is 14.8 Å². The molecule has 0 spiro atoms. The molecule has 0 radical (unpaired) electrons. The van der Waals surface area contributed by atoms with E-state index < -0.39 is 34.3 Å².